The van der Waals surface area contributed by atoms with E-state index in [0.717, 1.165) is 10.0 Å². The van der Waals surface area contributed by atoms with E-state index >= 15 is 0 Å². The first-order valence-corrected chi connectivity index (χ1v) is 5.86. The number of aliphatic hydroxyl groups is 1. The molecule has 17 heavy (non-hydrogen) atoms. The summed E-state index contributed by atoms with van der Waals surface area (Å²) >= 11 is 3.42. The molecule has 0 unspecified atom stereocenters. The fraction of sp³-hybridized carbons (Fsp3) is 0.167. The van der Waals surface area contributed by atoms with Crippen LogP contribution in [0.2, 0.25) is 0 Å². The van der Waals surface area contributed by atoms with E-state index in [1.807, 2.05) is 25.1 Å². The second-order valence-electron chi connectivity index (χ2n) is 3.56. The number of hydrogen-bond acceptors (Lipinski definition) is 4. The predicted octanol–water partition coefficient (Wildman–Crippen LogP) is 2.83. The molecular formula is C12H11BrN2O2. The van der Waals surface area contributed by atoms with Gasteiger partial charge in [-0.1, -0.05) is 6.07 Å². The molecule has 5 heteroatoms. The molecular weight excluding hydrogens is 284 g/mol. The fourth-order valence-corrected chi connectivity index (χ4v) is 1.86. The molecule has 0 aliphatic heterocycles. The van der Waals surface area contributed by atoms with Gasteiger partial charge in [0.2, 0.25) is 5.88 Å². The third-order valence-corrected chi connectivity index (χ3v) is 2.78. The van der Waals surface area contributed by atoms with Crippen LogP contribution in [0.15, 0.2) is 34.8 Å². The van der Waals surface area contributed by atoms with Crippen molar-refractivity contribution >= 4 is 15.9 Å². The maximum atomic E-state index is 8.84. The lowest BCUT2D eigenvalue weighted by Crippen LogP contribution is -1.95. The van der Waals surface area contributed by atoms with E-state index in [1.54, 1.807) is 12.1 Å². The summed E-state index contributed by atoms with van der Waals surface area (Å²) in [4.78, 5) is 0. The van der Waals surface area contributed by atoms with Crippen LogP contribution in [-0.4, -0.2) is 15.3 Å². The molecule has 1 N–H and O–H groups in total. The summed E-state index contributed by atoms with van der Waals surface area (Å²) in [7, 11) is 0. The Labute approximate surface area is 107 Å². The van der Waals surface area contributed by atoms with Crippen LogP contribution in [0.25, 0.3) is 0 Å². The lowest BCUT2D eigenvalue weighted by atomic mass is 10.2. The second-order valence-corrected chi connectivity index (χ2v) is 4.41. The molecule has 4 nitrogen and oxygen atoms in total. The van der Waals surface area contributed by atoms with Gasteiger partial charge in [0.25, 0.3) is 0 Å². The van der Waals surface area contributed by atoms with E-state index in [2.05, 4.69) is 26.1 Å². The van der Waals surface area contributed by atoms with Crippen LogP contribution in [-0.2, 0) is 6.61 Å². The molecule has 0 fully saturated rings. The molecule has 0 spiro atoms. The maximum absolute atomic E-state index is 8.84. The molecule has 2 rings (SSSR count). The molecule has 0 saturated carbocycles. The standard InChI is InChI=1S/C12H11BrN2O2/c1-8-2-4-11(10(13)6-8)17-12-5-3-9(7-16)14-15-12/h2-6,16H,7H2,1H3. The first kappa shape index (κ1) is 12.0. The summed E-state index contributed by atoms with van der Waals surface area (Å²) in [6, 6.07) is 9.12. The van der Waals surface area contributed by atoms with Crippen molar-refractivity contribution in [3.63, 3.8) is 0 Å². The quantitative estimate of drug-likeness (QED) is 0.946. The van der Waals surface area contributed by atoms with E-state index in [9.17, 15) is 0 Å². The van der Waals surface area contributed by atoms with Crippen molar-refractivity contribution in [2.45, 2.75) is 13.5 Å². The molecule has 0 atom stereocenters. The zero-order chi connectivity index (χ0) is 12.3. The van der Waals surface area contributed by atoms with E-state index in [1.165, 1.54) is 0 Å². The topological polar surface area (TPSA) is 55.2 Å². The van der Waals surface area contributed by atoms with Crippen molar-refractivity contribution in [2.24, 2.45) is 0 Å². The van der Waals surface area contributed by atoms with Crippen LogP contribution in [0, 0.1) is 6.92 Å². The monoisotopic (exact) mass is 294 g/mol. The molecule has 0 amide bonds. The minimum Gasteiger partial charge on any atom is -0.436 e. The minimum absolute atomic E-state index is 0.124. The van der Waals surface area contributed by atoms with Crippen LogP contribution in [0.5, 0.6) is 11.6 Å². The highest BCUT2D eigenvalue weighted by molar-refractivity contribution is 9.10. The van der Waals surface area contributed by atoms with Crippen molar-refractivity contribution in [1.29, 1.82) is 0 Å². The van der Waals surface area contributed by atoms with E-state index in [4.69, 9.17) is 9.84 Å². The first-order valence-electron chi connectivity index (χ1n) is 5.06. The third-order valence-electron chi connectivity index (χ3n) is 2.16. The highest BCUT2D eigenvalue weighted by Crippen LogP contribution is 2.29. The van der Waals surface area contributed by atoms with Gasteiger partial charge in [-0.2, -0.15) is 0 Å². The SMILES string of the molecule is Cc1ccc(Oc2ccc(CO)nn2)c(Br)c1. The van der Waals surface area contributed by atoms with Gasteiger partial charge in [0.15, 0.2) is 0 Å². The number of ether oxygens (including phenoxy) is 1. The van der Waals surface area contributed by atoms with Gasteiger partial charge in [0.1, 0.15) is 5.75 Å². The van der Waals surface area contributed by atoms with Crippen LogP contribution < -0.4 is 4.74 Å². The average molecular weight is 295 g/mol. The summed E-state index contributed by atoms with van der Waals surface area (Å²) in [6.07, 6.45) is 0. The van der Waals surface area contributed by atoms with Crippen LogP contribution in [0.1, 0.15) is 11.3 Å². The largest absolute Gasteiger partial charge is 0.436 e. The molecule has 2 aromatic rings. The van der Waals surface area contributed by atoms with E-state index < -0.39 is 0 Å². The van der Waals surface area contributed by atoms with Crippen molar-refractivity contribution in [3.8, 4) is 11.6 Å². The first-order chi connectivity index (χ1) is 8.19. The van der Waals surface area contributed by atoms with Crippen LogP contribution in [0.4, 0.5) is 0 Å². The van der Waals surface area contributed by atoms with Gasteiger partial charge >= 0.3 is 0 Å². The Balaban J connectivity index is 2.19. The molecule has 0 saturated heterocycles. The van der Waals surface area contributed by atoms with Gasteiger partial charge in [-0.25, -0.2) is 0 Å². The van der Waals surface area contributed by atoms with Gasteiger partial charge in [0.05, 0.1) is 16.8 Å². The molecule has 1 aromatic carbocycles. The molecule has 1 heterocycles. The van der Waals surface area contributed by atoms with Crippen molar-refractivity contribution in [3.05, 3.63) is 46.1 Å². The van der Waals surface area contributed by atoms with Gasteiger partial charge in [0, 0.05) is 6.07 Å². The summed E-state index contributed by atoms with van der Waals surface area (Å²) < 4.78 is 6.43. The molecule has 0 aliphatic rings. The summed E-state index contributed by atoms with van der Waals surface area (Å²) in [5.74, 6) is 1.08. The van der Waals surface area contributed by atoms with Crippen LogP contribution >= 0.6 is 15.9 Å². The Bertz CT molecular complexity index is 514. The van der Waals surface area contributed by atoms with Gasteiger partial charge in [-0.05, 0) is 46.6 Å². The number of rotatable bonds is 3. The molecule has 0 radical (unpaired) electrons. The molecule has 88 valence electrons. The Kier molecular flexibility index (Phi) is 3.71. The number of benzene rings is 1. The molecule has 0 aliphatic carbocycles. The van der Waals surface area contributed by atoms with E-state index in [0.29, 0.717) is 17.3 Å². The van der Waals surface area contributed by atoms with Crippen molar-refractivity contribution < 1.29 is 9.84 Å². The fourth-order valence-electron chi connectivity index (χ4n) is 1.29. The predicted molar refractivity (Wildman–Crippen MR) is 66.9 cm³/mol. The minimum atomic E-state index is -0.124. The second kappa shape index (κ2) is 5.25. The number of aromatic nitrogens is 2. The third kappa shape index (κ3) is 3.01. The summed E-state index contributed by atoms with van der Waals surface area (Å²) in [5, 5.41) is 16.5. The lowest BCUT2D eigenvalue weighted by Gasteiger charge is -2.06. The normalized spacial score (nSPS) is 10.3. The van der Waals surface area contributed by atoms with Gasteiger partial charge in [-0.3, -0.25) is 0 Å². The lowest BCUT2D eigenvalue weighted by molar-refractivity contribution is 0.274. The van der Waals surface area contributed by atoms with Gasteiger partial charge in [-0.15, -0.1) is 10.2 Å². The van der Waals surface area contributed by atoms with Crippen LogP contribution in [0.3, 0.4) is 0 Å². The zero-order valence-corrected chi connectivity index (χ0v) is 10.8. The number of halogens is 1. The highest BCUT2D eigenvalue weighted by Gasteiger charge is 2.04. The Morgan fingerprint density at radius 1 is 1.24 bits per heavy atom. The number of hydrogen-bond donors (Lipinski definition) is 1. The smallest absolute Gasteiger partial charge is 0.238 e. The Hall–Kier alpha value is -1.46. The van der Waals surface area contributed by atoms with E-state index in [-0.39, 0.29) is 6.61 Å². The number of aliphatic hydroxyl groups excluding tert-OH is 1. The summed E-state index contributed by atoms with van der Waals surface area (Å²) in [5.41, 5.74) is 1.66. The number of nitrogens with zero attached hydrogens (tertiary/aromatic N) is 2. The highest BCUT2D eigenvalue weighted by atomic mass is 79.9. The van der Waals surface area contributed by atoms with Crippen molar-refractivity contribution in [1.82, 2.24) is 10.2 Å². The zero-order valence-electron chi connectivity index (χ0n) is 9.22. The van der Waals surface area contributed by atoms with Gasteiger partial charge < -0.3 is 9.84 Å². The molecule has 1 aromatic heterocycles. The number of aryl methyl sites for hydroxylation is 1. The Morgan fingerprint density at radius 3 is 2.65 bits per heavy atom. The Morgan fingerprint density at radius 2 is 2.06 bits per heavy atom. The van der Waals surface area contributed by atoms with Crippen molar-refractivity contribution in [2.75, 3.05) is 0 Å². The molecule has 0 bridgehead atoms. The average Bonchev–Trinajstić information content (AvgIpc) is 2.34. The summed E-state index contributed by atoms with van der Waals surface area (Å²) in [6.45, 7) is 1.88. The maximum Gasteiger partial charge on any atom is 0.238 e.